The maximum absolute atomic E-state index is 11.0. The highest BCUT2D eigenvalue weighted by Gasteiger charge is 2.32. The van der Waals surface area contributed by atoms with E-state index in [1.807, 2.05) is 32.0 Å². The van der Waals surface area contributed by atoms with Crippen molar-refractivity contribution < 1.29 is 19.2 Å². The molecule has 1 aliphatic heterocycles. The molecule has 9 heteroatoms. The summed E-state index contributed by atoms with van der Waals surface area (Å²) in [5.74, 6) is 1.80. The number of benzene rings is 1. The SMILES string of the molecule is CCc1cc(-c2noc(-c3cc(C)nc(N(CC)CC)c3)n2)cc(C)c1OCCN1CC(C(=O)O)C1. The summed E-state index contributed by atoms with van der Waals surface area (Å²) in [6.07, 6.45) is 0.802. The van der Waals surface area contributed by atoms with E-state index in [2.05, 4.69) is 46.8 Å². The maximum atomic E-state index is 11.0. The number of nitrogens with zero attached hydrogens (tertiary/aromatic N) is 5. The third kappa shape index (κ3) is 5.51. The summed E-state index contributed by atoms with van der Waals surface area (Å²) in [5.41, 5.74) is 4.72. The summed E-state index contributed by atoms with van der Waals surface area (Å²) in [6, 6.07) is 8.03. The van der Waals surface area contributed by atoms with E-state index in [0.29, 0.717) is 38.0 Å². The van der Waals surface area contributed by atoms with Gasteiger partial charge in [-0.3, -0.25) is 9.69 Å². The molecule has 0 atom stereocenters. The Morgan fingerprint density at radius 2 is 1.86 bits per heavy atom. The van der Waals surface area contributed by atoms with Gasteiger partial charge in [-0.05, 0) is 69.5 Å². The second kappa shape index (κ2) is 11.1. The normalized spacial score (nSPS) is 14.0. The van der Waals surface area contributed by atoms with Crippen LogP contribution in [0.3, 0.4) is 0 Å². The van der Waals surface area contributed by atoms with Crippen molar-refractivity contribution in [3.05, 3.63) is 41.1 Å². The molecule has 9 nitrogen and oxygen atoms in total. The summed E-state index contributed by atoms with van der Waals surface area (Å²) in [6.45, 7) is 14.4. The zero-order valence-corrected chi connectivity index (χ0v) is 21.7. The Morgan fingerprint density at radius 1 is 1.11 bits per heavy atom. The number of likely N-dealkylation sites (tertiary alicyclic amines) is 1. The summed E-state index contributed by atoms with van der Waals surface area (Å²) in [7, 11) is 0. The van der Waals surface area contributed by atoms with Crippen molar-refractivity contribution >= 4 is 11.8 Å². The molecule has 192 valence electrons. The number of carbonyl (C=O) groups is 1. The van der Waals surface area contributed by atoms with Gasteiger partial charge in [-0.2, -0.15) is 4.98 Å². The second-order valence-electron chi connectivity index (χ2n) is 9.23. The van der Waals surface area contributed by atoms with Crippen LogP contribution in [0.5, 0.6) is 5.75 Å². The quantitative estimate of drug-likeness (QED) is 0.420. The lowest BCUT2D eigenvalue weighted by Crippen LogP contribution is -2.51. The van der Waals surface area contributed by atoms with E-state index in [-0.39, 0.29) is 5.92 Å². The van der Waals surface area contributed by atoms with Crippen LogP contribution in [0, 0.1) is 19.8 Å². The van der Waals surface area contributed by atoms with Gasteiger partial charge in [0.2, 0.25) is 5.82 Å². The highest BCUT2D eigenvalue weighted by atomic mass is 16.5. The molecule has 0 spiro atoms. The molecule has 0 amide bonds. The van der Waals surface area contributed by atoms with Gasteiger partial charge in [0.05, 0.1) is 5.92 Å². The first kappa shape index (κ1) is 25.6. The molecule has 0 unspecified atom stereocenters. The zero-order chi connectivity index (χ0) is 25.8. The predicted molar refractivity (Wildman–Crippen MR) is 138 cm³/mol. The Bertz CT molecular complexity index is 1210. The van der Waals surface area contributed by atoms with E-state index in [0.717, 1.165) is 59.0 Å². The van der Waals surface area contributed by atoms with Crippen molar-refractivity contribution in [1.29, 1.82) is 0 Å². The average molecular weight is 494 g/mol. The fourth-order valence-corrected chi connectivity index (χ4v) is 4.57. The predicted octanol–water partition coefficient (Wildman–Crippen LogP) is 4.22. The van der Waals surface area contributed by atoms with Gasteiger partial charge in [-0.15, -0.1) is 0 Å². The van der Waals surface area contributed by atoms with E-state index < -0.39 is 5.97 Å². The number of aryl methyl sites for hydroxylation is 3. The number of aliphatic carboxylic acids is 1. The number of hydrogen-bond acceptors (Lipinski definition) is 8. The monoisotopic (exact) mass is 493 g/mol. The first-order valence-corrected chi connectivity index (χ1v) is 12.6. The minimum absolute atomic E-state index is 0.253. The van der Waals surface area contributed by atoms with Crippen molar-refractivity contribution in [2.75, 3.05) is 44.2 Å². The molecule has 0 saturated carbocycles. The van der Waals surface area contributed by atoms with Crippen LogP contribution >= 0.6 is 0 Å². The molecular weight excluding hydrogens is 458 g/mol. The molecule has 3 aromatic rings. The average Bonchev–Trinajstić information content (AvgIpc) is 3.31. The van der Waals surface area contributed by atoms with Crippen LogP contribution in [0.2, 0.25) is 0 Å². The Hall–Kier alpha value is -3.46. The molecule has 1 saturated heterocycles. The first-order chi connectivity index (χ1) is 17.3. The molecular formula is C27H35N5O4. The minimum Gasteiger partial charge on any atom is -0.492 e. The smallest absolute Gasteiger partial charge is 0.309 e. The van der Waals surface area contributed by atoms with Crippen LogP contribution in [-0.2, 0) is 11.2 Å². The van der Waals surface area contributed by atoms with Gasteiger partial charge >= 0.3 is 5.97 Å². The third-order valence-corrected chi connectivity index (χ3v) is 6.65. The van der Waals surface area contributed by atoms with Crippen LogP contribution < -0.4 is 9.64 Å². The van der Waals surface area contributed by atoms with Gasteiger partial charge in [0.25, 0.3) is 5.89 Å². The standard InChI is InChI=1S/C27H35N5O4/c1-6-19-13-20(11-17(4)24(19)35-10-9-31-15-22(16-31)27(33)34)25-29-26(36-30-25)21-12-18(5)28-23(14-21)32(7-2)8-3/h11-14,22H,6-10,15-16H2,1-5H3,(H,33,34). The second-order valence-corrected chi connectivity index (χ2v) is 9.23. The lowest BCUT2D eigenvalue weighted by molar-refractivity contribution is -0.147. The molecule has 0 bridgehead atoms. The molecule has 1 aromatic carbocycles. The minimum atomic E-state index is -0.722. The molecule has 0 aliphatic carbocycles. The Morgan fingerprint density at radius 3 is 2.53 bits per heavy atom. The number of pyridine rings is 1. The lowest BCUT2D eigenvalue weighted by atomic mass is 10.0. The highest BCUT2D eigenvalue weighted by Crippen LogP contribution is 2.32. The number of aromatic nitrogens is 3. The number of carboxylic acid groups (broad SMARTS) is 1. The lowest BCUT2D eigenvalue weighted by Gasteiger charge is -2.36. The Labute approximate surface area is 212 Å². The number of ether oxygens (including phenoxy) is 1. The summed E-state index contributed by atoms with van der Waals surface area (Å²) in [4.78, 5) is 24.6. The number of hydrogen-bond donors (Lipinski definition) is 1. The van der Waals surface area contributed by atoms with Gasteiger partial charge < -0.3 is 19.3 Å². The van der Waals surface area contributed by atoms with E-state index in [4.69, 9.17) is 19.4 Å². The molecule has 36 heavy (non-hydrogen) atoms. The number of anilines is 1. The Balaban J connectivity index is 1.50. The van der Waals surface area contributed by atoms with E-state index >= 15 is 0 Å². The van der Waals surface area contributed by atoms with Crippen molar-refractivity contribution in [3.8, 4) is 28.6 Å². The summed E-state index contributed by atoms with van der Waals surface area (Å²) < 4.78 is 11.8. The fourth-order valence-electron chi connectivity index (χ4n) is 4.57. The number of carboxylic acids is 1. The molecule has 4 rings (SSSR count). The van der Waals surface area contributed by atoms with Crippen LogP contribution in [0.25, 0.3) is 22.8 Å². The van der Waals surface area contributed by atoms with Gasteiger partial charge in [0.1, 0.15) is 18.2 Å². The van der Waals surface area contributed by atoms with Crippen molar-refractivity contribution in [1.82, 2.24) is 20.0 Å². The third-order valence-electron chi connectivity index (χ3n) is 6.65. The van der Waals surface area contributed by atoms with Crippen LogP contribution in [0.4, 0.5) is 5.82 Å². The fraction of sp³-hybridized carbons (Fsp3) is 0.481. The summed E-state index contributed by atoms with van der Waals surface area (Å²) in [5, 5.41) is 13.3. The van der Waals surface area contributed by atoms with Crippen molar-refractivity contribution in [3.63, 3.8) is 0 Å². The topological polar surface area (TPSA) is 105 Å². The molecule has 1 N–H and O–H groups in total. The Kier molecular flexibility index (Phi) is 7.88. The highest BCUT2D eigenvalue weighted by molar-refractivity contribution is 5.71. The number of rotatable bonds is 11. The van der Waals surface area contributed by atoms with Crippen molar-refractivity contribution in [2.45, 2.75) is 41.0 Å². The largest absolute Gasteiger partial charge is 0.492 e. The molecule has 1 fully saturated rings. The van der Waals surface area contributed by atoms with E-state index in [1.54, 1.807) is 0 Å². The molecule has 2 aromatic heterocycles. The van der Waals surface area contributed by atoms with Crippen LogP contribution in [-0.4, -0.2) is 70.4 Å². The molecule has 3 heterocycles. The molecule has 0 radical (unpaired) electrons. The van der Waals surface area contributed by atoms with Gasteiger partial charge in [0, 0.05) is 49.5 Å². The van der Waals surface area contributed by atoms with Gasteiger partial charge in [0.15, 0.2) is 0 Å². The van der Waals surface area contributed by atoms with Gasteiger partial charge in [-0.1, -0.05) is 12.1 Å². The molecule has 1 aliphatic rings. The zero-order valence-electron chi connectivity index (χ0n) is 21.7. The van der Waals surface area contributed by atoms with E-state index in [1.165, 1.54) is 0 Å². The van der Waals surface area contributed by atoms with Gasteiger partial charge in [-0.25, -0.2) is 4.98 Å². The maximum Gasteiger partial charge on any atom is 0.309 e. The first-order valence-electron chi connectivity index (χ1n) is 12.6. The van der Waals surface area contributed by atoms with Crippen LogP contribution in [0.1, 0.15) is 37.6 Å². The summed E-state index contributed by atoms with van der Waals surface area (Å²) >= 11 is 0. The van der Waals surface area contributed by atoms with Crippen molar-refractivity contribution in [2.24, 2.45) is 5.92 Å². The van der Waals surface area contributed by atoms with E-state index in [9.17, 15) is 4.79 Å². The van der Waals surface area contributed by atoms with Crippen LogP contribution in [0.15, 0.2) is 28.8 Å².